The van der Waals surface area contributed by atoms with E-state index in [4.69, 9.17) is 0 Å². The Hall–Kier alpha value is -3.19. The zero-order valence-corrected chi connectivity index (χ0v) is 16.9. The molecule has 1 heterocycles. The standard InChI is InChI=1S/C22H22N4O2S/c1-3-14-26-20(16(2)23-21(28)18-12-8-5-9-13-18)24-25-22(26)29-15-19(27)17-10-6-4-7-11-17/h3-13,16H,1,14-15H2,2H3,(H,23,28)/t16-/m1/s1. The predicted molar refractivity (Wildman–Crippen MR) is 114 cm³/mol. The summed E-state index contributed by atoms with van der Waals surface area (Å²) in [5.41, 5.74) is 1.25. The Bertz CT molecular complexity index is 987. The van der Waals surface area contributed by atoms with E-state index >= 15 is 0 Å². The molecule has 0 aliphatic heterocycles. The SMILES string of the molecule is C=CCn1c(SCC(=O)c2ccccc2)nnc1[C@@H](C)NC(=O)c1ccccc1. The monoisotopic (exact) mass is 406 g/mol. The van der Waals surface area contributed by atoms with E-state index in [9.17, 15) is 9.59 Å². The molecule has 3 aromatic rings. The third-order valence-electron chi connectivity index (χ3n) is 4.26. The Balaban J connectivity index is 1.71. The number of nitrogens with one attached hydrogen (secondary N) is 1. The van der Waals surface area contributed by atoms with E-state index in [2.05, 4.69) is 22.1 Å². The maximum Gasteiger partial charge on any atom is 0.251 e. The molecule has 7 heteroatoms. The van der Waals surface area contributed by atoms with E-state index < -0.39 is 0 Å². The number of Topliss-reactive ketones (excluding diaryl/α,β-unsaturated/α-hetero) is 1. The Morgan fingerprint density at radius 3 is 2.31 bits per heavy atom. The summed E-state index contributed by atoms with van der Waals surface area (Å²) in [4.78, 5) is 24.8. The first kappa shape index (κ1) is 20.5. The number of rotatable bonds is 9. The molecule has 29 heavy (non-hydrogen) atoms. The number of ketones is 1. The fourth-order valence-electron chi connectivity index (χ4n) is 2.80. The maximum absolute atomic E-state index is 12.4. The molecule has 0 saturated heterocycles. The van der Waals surface area contributed by atoms with Gasteiger partial charge >= 0.3 is 0 Å². The molecule has 1 aromatic heterocycles. The average Bonchev–Trinajstić information content (AvgIpc) is 3.16. The van der Waals surface area contributed by atoms with Crippen molar-refractivity contribution in [2.45, 2.75) is 24.7 Å². The van der Waals surface area contributed by atoms with Gasteiger partial charge in [0.1, 0.15) is 0 Å². The van der Waals surface area contributed by atoms with Crippen LogP contribution < -0.4 is 5.32 Å². The number of carbonyl (C=O) groups excluding carboxylic acids is 2. The van der Waals surface area contributed by atoms with Gasteiger partial charge in [0, 0.05) is 17.7 Å². The van der Waals surface area contributed by atoms with Crippen molar-refractivity contribution in [3.05, 3.63) is 90.3 Å². The Morgan fingerprint density at radius 1 is 1.07 bits per heavy atom. The number of allylic oxidation sites excluding steroid dienone is 1. The second kappa shape index (κ2) is 9.84. The lowest BCUT2D eigenvalue weighted by atomic mass is 10.2. The predicted octanol–water partition coefficient (Wildman–Crippen LogP) is 3.93. The number of benzene rings is 2. The molecule has 0 radical (unpaired) electrons. The van der Waals surface area contributed by atoms with Crippen LogP contribution in [0.3, 0.4) is 0 Å². The molecule has 1 amide bonds. The molecular formula is C22H22N4O2S. The quantitative estimate of drug-likeness (QED) is 0.331. The summed E-state index contributed by atoms with van der Waals surface area (Å²) in [6, 6.07) is 17.8. The summed E-state index contributed by atoms with van der Waals surface area (Å²) >= 11 is 1.32. The normalized spacial score (nSPS) is 11.6. The molecule has 0 fully saturated rings. The Labute approximate surface area is 174 Å². The molecule has 148 valence electrons. The van der Waals surface area contributed by atoms with Crippen molar-refractivity contribution in [2.75, 3.05) is 5.75 Å². The molecule has 0 bridgehead atoms. The number of carbonyl (C=O) groups is 2. The summed E-state index contributed by atoms with van der Waals surface area (Å²) in [5.74, 6) is 0.712. The van der Waals surface area contributed by atoms with Crippen molar-refractivity contribution < 1.29 is 9.59 Å². The number of hydrogen-bond acceptors (Lipinski definition) is 5. The maximum atomic E-state index is 12.4. The van der Waals surface area contributed by atoms with Crippen LogP contribution in [0.25, 0.3) is 0 Å². The van der Waals surface area contributed by atoms with Gasteiger partial charge in [-0.3, -0.25) is 9.59 Å². The summed E-state index contributed by atoms with van der Waals surface area (Å²) in [7, 11) is 0. The molecule has 6 nitrogen and oxygen atoms in total. The first-order chi connectivity index (χ1) is 14.1. The van der Waals surface area contributed by atoms with Gasteiger partial charge in [0.05, 0.1) is 11.8 Å². The topological polar surface area (TPSA) is 76.9 Å². The molecule has 3 rings (SSSR count). The lowest BCUT2D eigenvalue weighted by Crippen LogP contribution is -2.28. The lowest BCUT2D eigenvalue weighted by molar-refractivity contribution is 0.0937. The third kappa shape index (κ3) is 5.20. The highest BCUT2D eigenvalue weighted by atomic mass is 32.2. The van der Waals surface area contributed by atoms with Crippen LogP contribution in [0.2, 0.25) is 0 Å². The van der Waals surface area contributed by atoms with E-state index in [1.165, 1.54) is 11.8 Å². The molecule has 1 atom stereocenters. The van der Waals surface area contributed by atoms with Gasteiger partial charge in [0.15, 0.2) is 16.8 Å². The van der Waals surface area contributed by atoms with Crippen LogP contribution >= 0.6 is 11.8 Å². The number of nitrogens with zero attached hydrogens (tertiary/aromatic N) is 3. The van der Waals surface area contributed by atoms with Crippen molar-refractivity contribution in [3.63, 3.8) is 0 Å². The smallest absolute Gasteiger partial charge is 0.251 e. The second-order valence-corrected chi connectivity index (χ2v) is 7.32. The summed E-state index contributed by atoms with van der Waals surface area (Å²) in [5, 5.41) is 12.0. The minimum atomic E-state index is -0.352. The minimum Gasteiger partial charge on any atom is -0.342 e. The second-order valence-electron chi connectivity index (χ2n) is 6.38. The first-order valence-corrected chi connectivity index (χ1v) is 10.2. The summed E-state index contributed by atoms with van der Waals surface area (Å²) < 4.78 is 1.87. The molecule has 0 aliphatic carbocycles. The van der Waals surface area contributed by atoms with E-state index in [1.807, 2.05) is 47.9 Å². The first-order valence-electron chi connectivity index (χ1n) is 9.21. The minimum absolute atomic E-state index is 0.0238. The van der Waals surface area contributed by atoms with Crippen molar-refractivity contribution in [1.82, 2.24) is 20.1 Å². The molecule has 0 unspecified atom stereocenters. The van der Waals surface area contributed by atoms with Gasteiger partial charge in [0.2, 0.25) is 0 Å². The van der Waals surface area contributed by atoms with Gasteiger partial charge in [-0.25, -0.2) is 0 Å². The molecule has 2 aromatic carbocycles. The largest absolute Gasteiger partial charge is 0.342 e. The van der Waals surface area contributed by atoms with E-state index in [1.54, 1.807) is 30.3 Å². The zero-order valence-electron chi connectivity index (χ0n) is 16.1. The number of aromatic nitrogens is 3. The van der Waals surface area contributed by atoms with Crippen molar-refractivity contribution in [2.24, 2.45) is 0 Å². The molecule has 1 N–H and O–H groups in total. The van der Waals surface area contributed by atoms with Crippen LogP contribution in [0.4, 0.5) is 0 Å². The van der Waals surface area contributed by atoms with E-state index in [0.29, 0.717) is 28.7 Å². The van der Waals surface area contributed by atoms with Gasteiger partial charge in [-0.1, -0.05) is 66.4 Å². The molecule has 0 spiro atoms. The zero-order chi connectivity index (χ0) is 20.6. The summed E-state index contributed by atoms with van der Waals surface area (Å²) in [6.45, 7) is 6.13. The fourth-order valence-corrected chi connectivity index (χ4v) is 3.65. The van der Waals surface area contributed by atoms with E-state index in [0.717, 1.165) is 0 Å². The van der Waals surface area contributed by atoms with Gasteiger partial charge in [-0.15, -0.1) is 16.8 Å². The van der Waals surface area contributed by atoms with Crippen LogP contribution in [-0.4, -0.2) is 32.2 Å². The van der Waals surface area contributed by atoms with Crippen LogP contribution in [-0.2, 0) is 6.54 Å². The van der Waals surface area contributed by atoms with Crippen LogP contribution in [0.15, 0.2) is 78.5 Å². The van der Waals surface area contributed by atoms with Gasteiger partial charge in [-0.05, 0) is 19.1 Å². The van der Waals surface area contributed by atoms with Gasteiger partial charge < -0.3 is 9.88 Å². The lowest BCUT2D eigenvalue weighted by Gasteiger charge is -2.15. The Morgan fingerprint density at radius 2 is 1.69 bits per heavy atom. The number of thioether (sulfide) groups is 1. The van der Waals surface area contributed by atoms with Crippen molar-refractivity contribution in [3.8, 4) is 0 Å². The van der Waals surface area contributed by atoms with Gasteiger partial charge in [0.25, 0.3) is 5.91 Å². The van der Waals surface area contributed by atoms with Crippen molar-refractivity contribution >= 4 is 23.5 Å². The van der Waals surface area contributed by atoms with Crippen molar-refractivity contribution in [1.29, 1.82) is 0 Å². The van der Waals surface area contributed by atoms with Gasteiger partial charge in [-0.2, -0.15) is 0 Å². The highest BCUT2D eigenvalue weighted by Gasteiger charge is 2.20. The van der Waals surface area contributed by atoms with E-state index in [-0.39, 0.29) is 23.5 Å². The fraction of sp³-hybridized carbons (Fsp3) is 0.182. The highest BCUT2D eigenvalue weighted by Crippen LogP contribution is 2.22. The summed E-state index contributed by atoms with van der Waals surface area (Å²) in [6.07, 6.45) is 1.74. The van der Waals surface area contributed by atoms with Crippen LogP contribution in [0, 0.1) is 0 Å². The molecule has 0 saturated carbocycles. The Kier molecular flexibility index (Phi) is 6.97. The number of hydrogen-bond donors (Lipinski definition) is 1. The molecule has 0 aliphatic rings. The van der Waals surface area contributed by atoms with Crippen LogP contribution in [0.1, 0.15) is 39.5 Å². The van der Waals surface area contributed by atoms with Crippen LogP contribution in [0.5, 0.6) is 0 Å². The molecular weight excluding hydrogens is 384 g/mol. The highest BCUT2D eigenvalue weighted by molar-refractivity contribution is 7.99. The number of amides is 1. The average molecular weight is 407 g/mol. The third-order valence-corrected chi connectivity index (χ3v) is 5.22.